The summed E-state index contributed by atoms with van der Waals surface area (Å²) in [5.41, 5.74) is 1.54. The number of amides is 4. The van der Waals surface area contributed by atoms with Gasteiger partial charge in [-0.05, 0) is 54.3 Å². The molecule has 0 spiro atoms. The van der Waals surface area contributed by atoms with Gasteiger partial charge < -0.3 is 30.5 Å². The van der Waals surface area contributed by atoms with E-state index in [1.54, 1.807) is 48.5 Å². The van der Waals surface area contributed by atoms with E-state index in [0.29, 0.717) is 34.9 Å². The summed E-state index contributed by atoms with van der Waals surface area (Å²) in [5.74, 6) is -1.42. The molecule has 3 aromatic rings. The van der Waals surface area contributed by atoms with Crippen molar-refractivity contribution in [2.45, 2.75) is 39.2 Å². The summed E-state index contributed by atoms with van der Waals surface area (Å²) in [5, 5.41) is 20.4. The maximum Gasteiger partial charge on any atom is 0.324 e. The highest BCUT2D eigenvalue weighted by Gasteiger charge is 2.27. The molecule has 0 saturated heterocycles. The van der Waals surface area contributed by atoms with Crippen LogP contribution in [0.3, 0.4) is 0 Å². The van der Waals surface area contributed by atoms with Crippen molar-refractivity contribution in [2.75, 3.05) is 30.2 Å². The lowest BCUT2D eigenvalue weighted by atomic mass is 9.92. The molecule has 1 unspecified atom stereocenters. The molecule has 12 nitrogen and oxygen atoms in total. The summed E-state index contributed by atoms with van der Waals surface area (Å²) in [7, 11) is 2.95. The lowest BCUT2D eigenvalue weighted by Gasteiger charge is -2.24. The third-order valence-corrected chi connectivity index (χ3v) is 6.38. The minimum absolute atomic E-state index is 0.0941. The molecule has 2 aromatic carbocycles. The first kappa shape index (κ1) is 32.4. The van der Waals surface area contributed by atoms with E-state index in [4.69, 9.17) is 9.47 Å². The molecule has 2 atom stereocenters. The number of hydrogen-bond acceptors (Lipinski definition) is 7. The number of anilines is 3. The molecular formula is C31H37N5O7. The number of nitrogens with one attached hydrogen (secondary N) is 4. The van der Waals surface area contributed by atoms with Crippen LogP contribution in [0, 0.1) is 11.8 Å². The zero-order valence-corrected chi connectivity index (χ0v) is 24.5. The van der Waals surface area contributed by atoms with Gasteiger partial charge in [0.05, 0.1) is 38.6 Å². The van der Waals surface area contributed by atoms with E-state index in [1.165, 1.54) is 26.5 Å². The summed E-state index contributed by atoms with van der Waals surface area (Å²) in [4.78, 5) is 54.3. The minimum atomic E-state index is -1.10. The predicted molar refractivity (Wildman–Crippen MR) is 162 cm³/mol. The van der Waals surface area contributed by atoms with E-state index in [9.17, 15) is 24.3 Å². The van der Waals surface area contributed by atoms with Crippen LogP contribution in [0.2, 0.25) is 0 Å². The third-order valence-electron chi connectivity index (χ3n) is 6.38. The molecule has 4 amide bonds. The Labute approximate surface area is 250 Å². The highest BCUT2D eigenvalue weighted by Crippen LogP contribution is 2.31. The van der Waals surface area contributed by atoms with Crippen molar-refractivity contribution < 1.29 is 33.8 Å². The van der Waals surface area contributed by atoms with Crippen molar-refractivity contribution in [2.24, 2.45) is 11.8 Å². The smallest absolute Gasteiger partial charge is 0.324 e. The fraction of sp³-hybridized carbons (Fsp3) is 0.323. The molecule has 0 aliphatic carbocycles. The fourth-order valence-corrected chi connectivity index (χ4v) is 4.42. The highest BCUT2D eigenvalue weighted by molar-refractivity contribution is 5.99. The molecule has 0 aliphatic rings. The van der Waals surface area contributed by atoms with Crippen LogP contribution in [-0.4, -0.2) is 48.1 Å². The van der Waals surface area contributed by atoms with Gasteiger partial charge in [-0.1, -0.05) is 38.1 Å². The van der Waals surface area contributed by atoms with Crippen LogP contribution in [0.1, 0.15) is 44.7 Å². The van der Waals surface area contributed by atoms with Gasteiger partial charge in [0.1, 0.15) is 5.82 Å². The lowest BCUT2D eigenvalue weighted by molar-refractivity contribution is -0.138. The maximum atomic E-state index is 13.4. The van der Waals surface area contributed by atoms with Crippen LogP contribution in [0.5, 0.6) is 11.5 Å². The number of pyridine rings is 1. The number of urea groups is 1. The summed E-state index contributed by atoms with van der Waals surface area (Å²) in [6.45, 7) is 3.87. The highest BCUT2D eigenvalue weighted by atomic mass is 16.5. The number of ether oxygens (including phenoxy) is 2. The average molecular weight is 592 g/mol. The van der Waals surface area contributed by atoms with Gasteiger partial charge in [-0.2, -0.15) is 0 Å². The van der Waals surface area contributed by atoms with Crippen molar-refractivity contribution in [3.8, 4) is 11.5 Å². The number of aliphatic carboxylic acids is 1. The number of rotatable bonds is 14. The Morgan fingerprint density at radius 2 is 1.56 bits per heavy atom. The quantitative estimate of drug-likeness (QED) is 0.173. The number of hydrogen-bond donors (Lipinski definition) is 5. The normalized spacial score (nSPS) is 12.0. The van der Waals surface area contributed by atoms with Gasteiger partial charge in [0.15, 0.2) is 11.5 Å². The number of benzene rings is 2. The molecule has 0 fully saturated rings. The van der Waals surface area contributed by atoms with Gasteiger partial charge in [-0.15, -0.1) is 0 Å². The maximum absolute atomic E-state index is 13.4. The van der Waals surface area contributed by atoms with E-state index < -0.39 is 35.8 Å². The summed E-state index contributed by atoms with van der Waals surface area (Å²) in [6, 6.07) is 15.7. The molecule has 12 heteroatoms. The minimum Gasteiger partial charge on any atom is -0.493 e. The largest absolute Gasteiger partial charge is 0.493 e. The Morgan fingerprint density at radius 3 is 2.16 bits per heavy atom. The van der Waals surface area contributed by atoms with Crippen LogP contribution in [0.15, 0.2) is 66.9 Å². The molecule has 0 radical (unpaired) electrons. The summed E-state index contributed by atoms with van der Waals surface area (Å²) >= 11 is 0. The van der Waals surface area contributed by atoms with Gasteiger partial charge in [-0.3, -0.25) is 19.7 Å². The second-order valence-corrected chi connectivity index (χ2v) is 10.2. The molecule has 0 saturated carbocycles. The Kier molecular flexibility index (Phi) is 11.9. The topological polar surface area (TPSA) is 168 Å². The molecular weight excluding hydrogens is 554 g/mol. The van der Waals surface area contributed by atoms with Crippen molar-refractivity contribution in [1.29, 1.82) is 0 Å². The van der Waals surface area contributed by atoms with Crippen LogP contribution in [0.25, 0.3) is 0 Å². The van der Waals surface area contributed by atoms with E-state index in [-0.39, 0.29) is 24.6 Å². The van der Waals surface area contributed by atoms with Crippen LogP contribution in [0.4, 0.5) is 22.0 Å². The van der Waals surface area contributed by atoms with E-state index in [2.05, 4.69) is 26.3 Å². The summed E-state index contributed by atoms with van der Waals surface area (Å²) < 4.78 is 10.6. The zero-order chi connectivity index (χ0) is 31.4. The first-order valence-corrected chi connectivity index (χ1v) is 13.7. The second kappa shape index (κ2) is 15.8. The Bertz CT molecular complexity index is 1400. The van der Waals surface area contributed by atoms with Crippen molar-refractivity contribution >= 4 is 41.0 Å². The predicted octanol–water partition coefficient (Wildman–Crippen LogP) is 5.07. The fourth-order valence-electron chi connectivity index (χ4n) is 4.42. The first-order valence-electron chi connectivity index (χ1n) is 13.7. The molecule has 3 rings (SSSR count). The standard InChI is InChI=1S/C31H37N5O7/c1-19(2)14-21(30(40)35-24(17-29(38)39)20-10-12-25(42-3)26(15-20)43-4)16-28(37)33-23-11-13-27(32-18-23)36-31(41)34-22-8-6-5-7-9-22/h5-13,15,18-19,21,24H,14,16-17H2,1-4H3,(H,33,37)(H,35,40)(H,38,39)(H2,32,34,36,41)/t21?,24-/m0/s1. The Hall–Kier alpha value is -5.13. The zero-order valence-electron chi connectivity index (χ0n) is 24.5. The third kappa shape index (κ3) is 10.3. The van der Waals surface area contributed by atoms with Crippen LogP contribution in [-0.2, 0) is 14.4 Å². The molecule has 1 heterocycles. The van der Waals surface area contributed by atoms with E-state index in [0.717, 1.165) is 0 Å². The van der Waals surface area contributed by atoms with E-state index in [1.807, 2.05) is 19.9 Å². The Balaban J connectivity index is 1.64. The molecule has 5 N–H and O–H groups in total. The molecule has 0 bridgehead atoms. The van der Waals surface area contributed by atoms with Gasteiger partial charge in [0, 0.05) is 18.0 Å². The second-order valence-electron chi connectivity index (χ2n) is 10.2. The number of carboxylic acid groups (broad SMARTS) is 1. The van der Waals surface area contributed by atoms with E-state index >= 15 is 0 Å². The van der Waals surface area contributed by atoms with Gasteiger partial charge in [0.2, 0.25) is 11.8 Å². The molecule has 0 aliphatic heterocycles. The molecule has 1 aromatic heterocycles. The Morgan fingerprint density at radius 1 is 0.837 bits per heavy atom. The van der Waals surface area contributed by atoms with Crippen LogP contribution >= 0.6 is 0 Å². The number of carbonyl (C=O) groups is 4. The first-order chi connectivity index (χ1) is 20.6. The van der Waals surface area contributed by atoms with Gasteiger partial charge in [-0.25, -0.2) is 9.78 Å². The van der Waals surface area contributed by atoms with Crippen molar-refractivity contribution in [3.05, 3.63) is 72.4 Å². The van der Waals surface area contributed by atoms with Crippen LogP contribution < -0.4 is 30.7 Å². The molecule has 228 valence electrons. The number of carboxylic acids is 1. The van der Waals surface area contributed by atoms with Gasteiger partial charge in [0.25, 0.3) is 0 Å². The van der Waals surface area contributed by atoms with Gasteiger partial charge >= 0.3 is 12.0 Å². The number of aromatic nitrogens is 1. The lowest BCUT2D eigenvalue weighted by Crippen LogP contribution is -2.37. The summed E-state index contributed by atoms with van der Waals surface area (Å²) in [6.07, 6.45) is 1.31. The number of nitrogens with zero attached hydrogens (tertiary/aromatic N) is 1. The molecule has 43 heavy (non-hydrogen) atoms. The number of methoxy groups -OCH3 is 2. The average Bonchev–Trinajstić information content (AvgIpc) is 2.97. The SMILES string of the molecule is COc1ccc([C@H](CC(=O)O)NC(=O)C(CC(=O)Nc2ccc(NC(=O)Nc3ccccc3)nc2)CC(C)C)cc1OC. The number of para-hydroxylation sites is 1. The van der Waals surface area contributed by atoms with Crippen molar-refractivity contribution in [1.82, 2.24) is 10.3 Å². The monoisotopic (exact) mass is 591 g/mol. The van der Waals surface area contributed by atoms with Crippen molar-refractivity contribution in [3.63, 3.8) is 0 Å². The number of carbonyl (C=O) groups excluding carboxylic acids is 3.